The minimum atomic E-state index is -0.156. The number of carbonyl (C=O) groups is 2. The molecule has 1 N–H and O–H groups in total. The maximum atomic E-state index is 13.0. The number of Topliss-reactive ketones (excluding diaryl/α,β-unsaturated/α-hetero) is 1. The van der Waals surface area contributed by atoms with E-state index < -0.39 is 0 Å². The van der Waals surface area contributed by atoms with Gasteiger partial charge in [0.15, 0.2) is 5.78 Å². The Hall–Kier alpha value is -3.86. The van der Waals surface area contributed by atoms with E-state index in [-0.39, 0.29) is 11.7 Å². The second-order valence-corrected chi connectivity index (χ2v) is 8.76. The first-order valence-electron chi connectivity index (χ1n) is 12.3. The number of carbonyl (C=O) groups excluding carboxylic acids is 2. The zero-order chi connectivity index (χ0) is 24.6. The SMILES string of the molecule is CCCCNC(=O)c1ccc(-c2ccc3ncc(C(=O)CCC)c(Cc4ccccc4)c3c2)cn1. The Kier molecular flexibility index (Phi) is 7.99. The highest BCUT2D eigenvalue weighted by Crippen LogP contribution is 2.29. The number of rotatable bonds is 10. The lowest BCUT2D eigenvalue weighted by Crippen LogP contribution is -2.25. The molecule has 0 radical (unpaired) electrons. The number of aromatic nitrogens is 2. The highest BCUT2D eigenvalue weighted by molar-refractivity contribution is 6.02. The van der Waals surface area contributed by atoms with Crippen LogP contribution in [0.2, 0.25) is 0 Å². The van der Waals surface area contributed by atoms with Gasteiger partial charge in [-0.1, -0.05) is 62.7 Å². The van der Waals surface area contributed by atoms with E-state index >= 15 is 0 Å². The number of ketones is 1. The predicted octanol–water partition coefficient (Wildman–Crippen LogP) is 6.40. The Balaban J connectivity index is 1.72. The Bertz CT molecular complexity index is 1320. The second-order valence-electron chi connectivity index (χ2n) is 8.76. The second kappa shape index (κ2) is 11.5. The molecule has 0 unspecified atom stereocenters. The predicted molar refractivity (Wildman–Crippen MR) is 141 cm³/mol. The highest BCUT2D eigenvalue weighted by Gasteiger charge is 2.16. The molecule has 4 rings (SSSR count). The number of nitrogens with zero attached hydrogens (tertiary/aromatic N) is 2. The van der Waals surface area contributed by atoms with Crippen molar-refractivity contribution in [2.45, 2.75) is 46.0 Å². The standard InChI is InChI=1S/C30H31N3O2/c1-3-5-16-31-30(35)28-15-13-23(19-32-28)22-12-14-27-25(18-22)24(17-21-10-7-6-8-11-21)26(20-33-27)29(34)9-4-2/h6-8,10-15,18-20H,3-5,9,16-17H2,1-2H3,(H,31,35). The van der Waals surface area contributed by atoms with Gasteiger partial charge in [-0.05, 0) is 54.2 Å². The third-order valence-corrected chi connectivity index (χ3v) is 6.13. The summed E-state index contributed by atoms with van der Waals surface area (Å²) in [6.07, 6.45) is 7.39. The molecule has 178 valence electrons. The summed E-state index contributed by atoms with van der Waals surface area (Å²) in [5.74, 6) is -0.0322. The molecule has 4 aromatic rings. The quantitative estimate of drug-likeness (QED) is 0.217. The Labute approximate surface area is 206 Å². The molecule has 2 heterocycles. The molecule has 0 saturated carbocycles. The number of hydrogen-bond acceptors (Lipinski definition) is 4. The Morgan fingerprint density at radius 3 is 2.37 bits per heavy atom. The number of hydrogen-bond donors (Lipinski definition) is 1. The highest BCUT2D eigenvalue weighted by atomic mass is 16.1. The normalized spacial score (nSPS) is 10.9. The first-order chi connectivity index (χ1) is 17.1. The molecule has 0 spiro atoms. The molecular weight excluding hydrogens is 434 g/mol. The average Bonchev–Trinajstić information content (AvgIpc) is 2.89. The van der Waals surface area contributed by atoms with Crippen LogP contribution < -0.4 is 5.32 Å². The van der Waals surface area contributed by atoms with E-state index in [1.54, 1.807) is 18.5 Å². The fourth-order valence-electron chi connectivity index (χ4n) is 4.19. The maximum Gasteiger partial charge on any atom is 0.269 e. The smallest absolute Gasteiger partial charge is 0.269 e. The topological polar surface area (TPSA) is 72.0 Å². The lowest BCUT2D eigenvalue weighted by Gasteiger charge is -2.14. The molecule has 1 amide bonds. The average molecular weight is 466 g/mol. The van der Waals surface area contributed by atoms with Gasteiger partial charge in [-0.2, -0.15) is 0 Å². The van der Waals surface area contributed by atoms with E-state index in [1.807, 2.05) is 43.3 Å². The first-order valence-corrected chi connectivity index (χ1v) is 12.3. The molecule has 35 heavy (non-hydrogen) atoms. The molecule has 0 atom stereocenters. The van der Waals surface area contributed by atoms with E-state index in [4.69, 9.17) is 0 Å². The third-order valence-electron chi connectivity index (χ3n) is 6.13. The largest absolute Gasteiger partial charge is 0.351 e. The van der Waals surface area contributed by atoms with Crippen LogP contribution in [0.5, 0.6) is 0 Å². The molecule has 0 aliphatic rings. The molecule has 2 aromatic carbocycles. The zero-order valence-electron chi connectivity index (χ0n) is 20.4. The van der Waals surface area contributed by atoms with Crippen molar-refractivity contribution in [2.24, 2.45) is 0 Å². The van der Waals surface area contributed by atoms with Crippen molar-refractivity contribution in [1.82, 2.24) is 15.3 Å². The van der Waals surface area contributed by atoms with Crippen LogP contribution in [0.3, 0.4) is 0 Å². The van der Waals surface area contributed by atoms with Crippen molar-refractivity contribution >= 4 is 22.6 Å². The van der Waals surface area contributed by atoms with Gasteiger partial charge in [-0.15, -0.1) is 0 Å². The molecule has 0 saturated heterocycles. The Morgan fingerprint density at radius 2 is 1.66 bits per heavy atom. The molecule has 0 aliphatic heterocycles. The van der Waals surface area contributed by atoms with Crippen LogP contribution in [-0.2, 0) is 6.42 Å². The number of unbranched alkanes of at least 4 members (excludes halogenated alkanes) is 1. The summed E-state index contributed by atoms with van der Waals surface area (Å²) in [5, 5.41) is 3.87. The summed E-state index contributed by atoms with van der Waals surface area (Å²) in [4.78, 5) is 34.3. The van der Waals surface area contributed by atoms with E-state index in [2.05, 4.69) is 40.4 Å². The summed E-state index contributed by atoms with van der Waals surface area (Å²) in [6, 6.07) is 19.9. The maximum absolute atomic E-state index is 13.0. The van der Waals surface area contributed by atoms with E-state index in [0.29, 0.717) is 30.6 Å². The molecule has 0 fully saturated rings. The fraction of sp³-hybridized carbons (Fsp3) is 0.267. The van der Waals surface area contributed by atoms with Crippen molar-refractivity contribution in [3.05, 3.63) is 95.4 Å². The van der Waals surface area contributed by atoms with Gasteiger partial charge in [-0.25, -0.2) is 0 Å². The van der Waals surface area contributed by atoms with Gasteiger partial charge in [-0.3, -0.25) is 19.6 Å². The minimum absolute atomic E-state index is 0.123. The molecule has 5 heteroatoms. The summed E-state index contributed by atoms with van der Waals surface area (Å²) in [7, 11) is 0. The van der Waals surface area contributed by atoms with Gasteiger partial charge in [0.1, 0.15) is 5.69 Å². The van der Waals surface area contributed by atoms with Crippen LogP contribution in [-0.4, -0.2) is 28.2 Å². The van der Waals surface area contributed by atoms with Crippen LogP contribution >= 0.6 is 0 Å². The van der Waals surface area contributed by atoms with Crippen LogP contribution in [0.25, 0.3) is 22.0 Å². The minimum Gasteiger partial charge on any atom is -0.351 e. The van der Waals surface area contributed by atoms with Crippen molar-refractivity contribution < 1.29 is 9.59 Å². The molecular formula is C30H31N3O2. The van der Waals surface area contributed by atoms with Crippen molar-refractivity contribution in [2.75, 3.05) is 6.54 Å². The molecule has 0 aliphatic carbocycles. The lowest BCUT2D eigenvalue weighted by atomic mass is 9.92. The third kappa shape index (κ3) is 5.80. The Morgan fingerprint density at radius 1 is 0.857 bits per heavy atom. The fourth-order valence-corrected chi connectivity index (χ4v) is 4.19. The zero-order valence-corrected chi connectivity index (χ0v) is 20.4. The lowest BCUT2D eigenvalue weighted by molar-refractivity contribution is 0.0946. The van der Waals surface area contributed by atoms with E-state index in [9.17, 15) is 9.59 Å². The van der Waals surface area contributed by atoms with Crippen LogP contribution in [0.15, 0.2) is 73.1 Å². The summed E-state index contributed by atoms with van der Waals surface area (Å²) >= 11 is 0. The summed E-state index contributed by atoms with van der Waals surface area (Å²) < 4.78 is 0. The first kappa shape index (κ1) is 24.3. The van der Waals surface area contributed by atoms with Gasteiger partial charge in [0.05, 0.1) is 5.52 Å². The molecule has 0 bridgehead atoms. The van der Waals surface area contributed by atoms with Gasteiger partial charge in [0.25, 0.3) is 5.91 Å². The van der Waals surface area contributed by atoms with Gasteiger partial charge in [0, 0.05) is 41.9 Å². The molecule has 2 aromatic heterocycles. The van der Waals surface area contributed by atoms with Crippen LogP contribution in [0.1, 0.15) is 71.5 Å². The number of nitrogens with one attached hydrogen (secondary N) is 1. The summed E-state index contributed by atoms with van der Waals surface area (Å²) in [6.45, 7) is 4.76. The number of fused-ring (bicyclic) bond motifs is 1. The number of benzene rings is 2. The van der Waals surface area contributed by atoms with E-state index in [1.165, 1.54) is 0 Å². The molecule has 5 nitrogen and oxygen atoms in total. The van der Waals surface area contributed by atoms with Gasteiger partial charge >= 0.3 is 0 Å². The summed E-state index contributed by atoms with van der Waals surface area (Å²) in [5.41, 5.74) is 5.99. The van der Waals surface area contributed by atoms with Crippen LogP contribution in [0, 0.1) is 0 Å². The van der Waals surface area contributed by atoms with E-state index in [0.717, 1.165) is 52.4 Å². The van der Waals surface area contributed by atoms with Crippen molar-refractivity contribution in [1.29, 1.82) is 0 Å². The number of pyridine rings is 2. The van der Waals surface area contributed by atoms with Crippen molar-refractivity contribution in [3.8, 4) is 11.1 Å². The monoisotopic (exact) mass is 465 g/mol. The number of amides is 1. The van der Waals surface area contributed by atoms with Crippen LogP contribution in [0.4, 0.5) is 0 Å². The van der Waals surface area contributed by atoms with Gasteiger partial charge in [0.2, 0.25) is 0 Å². The van der Waals surface area contributed by atoms with Crippen molar-refractivity contribution in [3.63, 3.8) is 0 Å². The van der Waals surface area contributed by atoms with Gasteiger partial charge < -0.3 is 5.32 Å².